The summed E-state index contributed by atoms with van der Waals surface area (Å²) in [5, 5.41) is 17.5. The lowest BCUT2D eigenvalue weighted by atomic mass is 10.0. The molecule has 0 bridgehead atoms. The summed E-state index contributed by atoms with van der Waals surface area (Å²) in [6.45, 7) is 4.52. The Labute approximate surface area is 105 Å². The fraction of sp³-hybridized carbons (Fsp3) is 0.929. The van der Waals surface area contributed by atoms with Crippen LogP contribution in [-0.4, -0.2) is 22.3 Å². The molecule has 0 aromatic heterocycles. The van der Waals surface area contributed by atoms with E-state index in [-0.39, 0.29) is 0 Å². The first kappa shape index (κ1) is 16.4. The van der Waals surface area contributed by atoms with Crippen molar-refractivity contribution in [1.82, 2.24) is 0 Å². The number of carboxylic acids is 1. The van der Waals surface area contributed by atoms with Crippen LogP contribution >= 0.6 is 0 Å². The maximum Gasteiger partial charge on any atom is 0.332 e. The van der Waals surface area contributed by atoms with E-state index < -0.39 is 12.1 Å². The van der Waals surface area contributed by atoms with Crippen molar-refractivity contribution in [2.45, 2.75) is 77.7 Å². The van der Waals surface area contributed by atoms with Crippen LogP contribution in [0.15, 0.2) is 0 Å². The zero-order valence-electron chi connectivity index (χ0n) is 11.3. The number of carboxylic acid groups (broad SMARTS) is 1. The van der Waals surface area contributed by atoms with Gasteiger partial charge in [-0.3, -0.25) is 0 Å². The van der Waals surface area contributed by atoms with Gasteiger partial charge in [0.05, 0.1) is 0 Å². The fourth-order valence-electron chi connectivity index (χ4n) is 1.90. The second-order valence-corrected chi connectivity index (χ2v) is 5.30. The summed E-state index contributed by atoms with van der Waals surface area (Å²) in [6.07, 6.45) is 8.73. The van der Waals surface area contributed by atoms with E-state index in [2.05, 4.69) is 13.8 Å². The zero-order valence-corrected chi connectivity index (χ0v) is 11.3. The Hall–Kier alpha value is -0.570. The van der Waals surface area contributed by atoms with Crippen LogP contribution < -0.4 is 0 Å². The van der Waals surface area contributed by atoms with Gasteiger partial charge in [-0.15, -0.1) is 0 Å². The minimum Gasteiger partial charge on any atom is -0.479 e. The normalized spacial score (nSPS) is 12.9. The van der Waals surface area contributed by atoms with Crippen molar-refractivity contribution in [1.29, 1.82) is 0 Å². The molecule has 0 fully saturated rings. The number of unbranched alkanes of at least 4 members (excludes halogenated alkanes) is 6. The van der Waals surface area contributed by atoms with Gasteiger partial charge in [0.15, 0.2) is 6.10 Å². The maximum atomic E-state index is 10.3. The minimum atomic E-state index is -1.17. The molecule has 0 amide bonds. The van der Waals surface area contributed by atoms with E-state index in [1.165, 1.54) is 32.1 Å². The van der Waals surface area contributed by atoms with Crippen molar-refractivity contribution in [3.8, 4) is 0 Å². The monoisotopic (exact) mass is 244 g/mol. The van der Waals surface area contributed by atoms with Gasteiger partial charge < -0.3 is 10.2 Å². The summed E-state index contributed by atoms with van der Waals surface area (Å²) in [6, 6.07) is 0. The van der Waals surface area contributed by atoms with Gasteiger partial charge in [-0.05, 0) is 12.3 Å². The van der Waals surface area contributed by atoms with Crippen LogP contribution in [0.1, 0.15) is 71.6 Å². The average Bonchev–Trinajstić information content (AvgIpc) is 2.25. The molecule has 17 heavy (non-hydrogen) atoms. The summed E-state index contributed by atoms with van der Waals surface area (Å²) in [5.74, 6) is -0.286. The van der Waals surface area contributed by atoms with Crippen LogP contribution in [0.5, 0.6) is 0 Å². The van der Waals surface area contributed by atoms with Gasteiger partial charge in [0.2, 0.25) is 0 Å². The van der Waals surface area contributed by atoms with Crippen LogP contribution in [0.3, 0.4) is 0 Å². The highest BCUT2D eigenvalue weighted by Gasteiger charge is 2.11. The fourth-order valence-corrected chi connectivity index (χ4v) is 1.90. The van der Waals surface area contributed by atoms with E-state index in [0.29, 0.717) is 6.42 Å². The Bertz CT molecular complexity index is 190. The van der Waals surface area contributed by atoms with Crippen LogP contribution in [0.4, 0.5) is 0 Å². The lowest BCUT2D eigenvalue weighted by Gasteiger charge is -2.06. The van der Waals surface area contributed by atoms with E-state index in [9.17, 15) is 4.79 Å². The maximum absolute atomic E-state index is 10.3. The Balaban J connectivity index is 3.11. The molecule has 3 heteroatoms. The molecule has 0 aromatic rings. The molecule has 2 N–H and O–H groups in total. The van der Waals surface area contributed by atoms with E-state index >= 15 is 0 Å². The standard InChI is InChI=1S/C14H28O3/c1-12(2)10-8-6-4-3-5-7-9-11-13(15)14(16)17/h12-13,15H,3-11H2,1-2H3,(H,16,17)/t13-/m1/s1. The smallest absolute Gasteiger partial charge is 0.332 e. The molecule has 0 aromatic carbocycles. The van der Waals surface area contributed by atoms with Gasteiger partial charge in [-0.25, -0.2) is 4.79 Å². The molecule has 0 spiro atoms. The van der Waals surface area contributed by atoms with Crippen molar-refractivity contribution in [2.24, 2.45) is 5.92 Å². The molecule has 1 atom stereocenters. The van der Waals surface area contributed by atoms with E-state index in [4.69, 9.17) is 10.2 Å². The van der Waals surface area contributed by atoms with Gasteiger partial charge in [0.1, 0.15) is 0 Å². The number of hydrogen-bond acceptors (Lipinski definition) is 2. The Kier molecular flexibility index (Phi) is 10.2. The molecule has 102 valence electrons. The van der Waals surface area contributed by atoms with E-state index in [0.717, 1.165) is 25.2 Å². The molecule has 0 saturated heterocycles. The Morgan fingerprint density at radius 3 is 1.71 bits per heavy atom. The SMILES string of the molecule is CC(C)CCCCCCCCC[C@@H](O)C(=O)O. The second kappa shape index (κ2) is 10.6. The Morgan fingerprint density at radius 2 is 1.29 bits per heavy atom. The molecule has 0 unspecified atom stereocenters. The molecule has 0 rings (SSSR count). The largest absolute Gasteiger partial charge is 0.479 e. The highest BCUT2D eigenvalue weighted by Crippen LogP contribution is 2.13. The van der Waals surface area contributed by atoms with E-state index in [1.54, 1.807) is 0 Å². The third-order valence-corrected chi connectivity index (χ3v) is 3.04. The molecule has 0 aliphatic carbocycles. The third kappa shape index (κ3) is 11.7. The van der Waals surface area contributed by atoms with Gasteiger partial charge >= 0.3 is 5.97 Å². The van der Waals surface area contributed by atoms with Crippen LogP contribution in [0, 0.1) is 5.92 Å². The summed E-state index contributed by atoms with van der Waals surface area (Å²) >= 11 is 0. The first-order valence-electron chi connectivity index (χ1n) is 6.95. The van der Waals surface area contributed by atoms with Gasteiger partial charge in [-0.2, -0.15) is 0 Å². The predicted molar refractivity (Wildman–Crippen MR) is 70.0 cm³/mol. The van der Waals surface area contributed by atoms with E-state index in [1.807, 2.05) is 0 Å². The number of aliphatic carboxylic acids is 1. The van der Waals surface area contributed by atoms with Crippen molar-refractivity contribution in [3.63, 3.8) is 0 Å². The topological polar surface area (TPSA) is 57.5 Å². The lowest BCUT2D eigenvalue weighted by molar-refractivity contribution is -0.146. The first-order chi connectivity index (χ1) is 8.04. The van der Waals surface area contributed by atoms with Gasteiger partial charge in [0.25, 0.3) is 0 Å². The van der Waals surface area contributed by atoms with Crippen molar-refractivity contribution >= 4 is 5.97 Å². The number of aliphatic hydroxyl groups excluding tert-OH is 1. The molecule has 0 saturated carbocycles. The van der Waals surface area contributed by atoms with Crippen LogP contribution in [0.2, 0.25) is 0 Å². The zero-order chi connectivity index (χ0) is 13.1. The molecule has 0 aliphatic heterocycles. The molecular weight excluding hydrogens is 216 g/mol. The third-order valence-electron chi connectivity index (χ3n) is 3.04. The molecule has 3 nitrogen and oxygen atoms in total. The quantitative estimate of drug-likeness (QED) is 0.546. The summed E-state index contributed by atoms with van der Waals surface area (Å²) in [7, 11) is 0. The second-order valence-electron chi connectivity index (χ2n) is 5.30. The van der Waals surface area contributed by atoms with Gasteiger partial charge in [-0.1, -0.05) is 65.2 Å². The molecule has 0 radical (unpaired) electrons. The Morgan fingerprint density at radius 1 is 0.882 bits per heavy atom. The molecule has 0 aliphatic rings. The number of carbonyl (C=O) groups is 1. The number of aliphatic hydroxyl groups is 1. The number of rotatable bonds is 11. The minimum absolute atomic E-state index is 0.392. The first-order valence-corrected chi connectivity index (χ1v) is 6.95. The summed E-state index contributed by atoms with van der Waals surface area (Å²) < 4.78 is 0. The molecule has 0 heterocycles. The average molecular weight is 244 g/mol. The lowest BCUT2D eigenvalue weighted by Crippen LogP contribution is -2.18. The van der Waals surface area contributed by atoms with Gasteiger partial charge in [0, 0.05) is 0 Å². The van der Waals surface area contributed by atoms with Crippen LogP contribution in [0.25, 0.3) is 0 Å². The van der Waals surface area contributed by atoms with Crippen molar-refractivity contribution in [2.75, 3.05) is 0 Å². The van der Waals surface area contributed by atoms with Crippen molar-refractivity contribution < 1.29 is 15.0 Å². The number of hydrogen-bond donors (Lipinski definition) is 2. The highest BCUT2D eigenvalue weighted by molar-refractivity contribution is 5.71. The predicted octanol–water partition coefficient (Wildman–Crippen LogP) is 3.60. The highest BCUT2D eigenvalue weighted by atomic mass is 16.4. The summed E-state index contributed by atoms with van der Waals surface area (Å²) in [5.41, 5.74) is 0. The van der Waals surface area contributed by atoms with Crippen molar-refractivity contribution in [3.05, 3.63) is 0 Å². The molecular formula is C14H28O3. The summed E-state index contributed by atoms with van der Waals surface area (Å²) in [4.78, 5) is 10.3. The van der Waals surface area contributed by atoms with Crippen LogP contribution in [-0.2, 0) is 4.79 Å².